The summed E-state index contributed by atoms with van der Waals surface area (Å²) in [5.74, 6) is 0.992. The van der Waals surface area contributed by atoms with Crippen molar-refractivity contribution in [3.05, 3.63) is 64.6 Å². The van der Waals surface area contributed by atoms with Gasteiger partial charge in [0, 0.05) is 0 Å². The van der Waals surface area contributed by atoms with Gasteiger partial charge in [-0.05, 0) is 35.3 Å². The molecule has 0 aliphatic carbocycles. The lowest BCUT2D eigenvalue weighted by atomic mass is 10.0. The molecule has 1 saturated heterocycles. The minimum atomic E-state index is -0.118. The number of carbonyl (C=O) groups is 1. The number of benzene rings is 2. The maximum Gasteiger partial charge on any atom is 0.270 e. The molecule has 0 atom stereocenters. The topological polar surface area (TPSA) is 29.5 Å². The monoisotopic (exact) mass is 369 g/mol. The van der Waals surface area contributed by atoms with Crippen molar-refractivity contribution < 1.29 is 9.53 Å². The van der Waals surface area contributed by atoms with Crippen LogP contribution in [0.5, 0.6) is 5.75 Å². The van der Waals surface area contributed by atoms with Crippen molar-refractivity contribution >= 4 is 46.0 Å². The van der Waals surface area contributed by atoms with Crippen LogP contribution in [-0.2, 0) is 4.79 Å². The Kier molecular flexibility index (Phi) is 5.25. The summed E-state index contributed by atoms with van der Waals surface area (Å²) in [5.41, 5.74) is 2.94. The third-order valence-electron chi connectivity index (χ3n) is 4.02. The van der Waals surface area contributed by atoms with Crippen molar-refractivity contribution in [1.82, 2.24) is 0 Å². The molecule has 0 radical (unpaired) electrons. The van der Waals surface area contributed by atoms with Crippen LogP contribution in [0.2, 0.25) is 0 Å². The van der Waals surface area contributed by atoms with Gasteiger partial charge in [0.05, 0.1) is 17.7 Å². The summed E-state index contributed by atoms with van der Waals surface area (Å²) in [6.07, 6.45) is 1.89. The van der Waals surface area contributed by atoms with E-state index in [-0.39, 0.29) is 5.91 Å². The Morgan fingerprint density at radius 1 is 1.12 bits per heavy atom. The molecule has 0 unspecified atom stereocenters. The molecule has 1 heterocycles. The van der Waals surface area contributed by atoms with Crippen molar-refractivity contribution in [3.63, 3.8) is 0 Å². The molecule has 1 amide bonds. The number of thiocarbonyl (C=S) groups is 1. The molecule has 2 aromatic carbocycles. The number of thioether (sulfide) groups is 1. The van der Waals surface area contributed by atoms with E-state index in [2.05, 4.69) is 26.0 Å². The van der Waals surface area contributed by atoms with Gasteiger partial charge in [0.2, 0.25) is 0 Å². The Morgan fingerprint density at radius 3 is 2.44 bits per heavy atom. The zero-order chi connectivity index (χ0) is 18.0. The van der Waals surface area contributed by atoms with Crippen LogP contribution in [0, 0.1) is 0 Å². The highest BCUT2D eigenvalue weighted by molar-refractivity contribution is 8.27. The van der Waals surface area contributed by atoms with Gasteiger partial charge in [0.1, 0.15) is 5.75 Å². The quantitative estimate of drug-likeness (QED) is 0.545. The lowest BCUT2D eigenvalue weighted by Gasteiger charge is -2.17. The van der Waals surface area contributed by atoms with Gasteiger partial charge in [0.25, 0.3) is 5.91 Å². The molecule has 0 spiro atoms. The number of nitrogens with zero attached hydrogens (tertiary/aromatic N) is 1. The van der Waals surface area contributed by atoms with Crippen LogP contribution in [0.15, 0.2) is 53.4 Å². The van der Waals surface area contributed by atoms with Gasteiger partial charge < -0.3 is 4.74 Å². The summed E-state index contributed by atoms with van der Waals surface area (Å²) in [4.78, 5) is 15.0. The highest BCUT2D eigenvalue weighted by Crippen LogP contribution is 2.39. The zero-order valence-corrected chi connectivity index (χ0v) is 16.0. The fraction of sp³-hybridized carbons (Fsp3) is 0.200. The summed E-state index contributed by atoms with van der Waals surface area (Å²) in [6.45, 7) is 4.32. The molecule has 25 heavy (non-hydrogen) atoms. The summed E-state index contributed by atoms with van der Waals surface area (Å²) >= 11 is 6.74. The van der Waals surface area contributed by atoms with Gasteiger partial charge >= 0.3 is 0 Å². The number of amides is 1. The first-order chi connectivity index (χ1) is 12.0. The first-order valence-electron chi connectivity index (χ1n) is 8.02. The van der Waals surface area contributed by atoms with Gasteiger partial charge in [-0.2, -0.15) is 0 Å². The molecule has 5 heteroatoms. The van der Waals surface area contributed by atoms with Crippen LogP contribution >= 0.6 is 24.0 Å². The highest BCUT2D eigenvalue weighted by atomic mass is 32.2. The molecule has 0 aromatic heterocycles. The van der Waals surface area contributed by atoms with Gasteiger partial charge in [-0.3, -0.25) is 9.69 Å². The average molecular weight is 370 g/mol. The number of carbonyl (C=O) groups excluding carboxylic acids is 1. The lowest BCUT2D eigenvalue weighted by molar-refractivity contribution is -0.113. The third-order valence-corrected chi connectivity index (χ3v) is 5.32. The van der Waals surface area contributed by atoms with Gasteiger partial charge in [-0.1, -0.05) is 74.2 Å². The Balaban J connectivity index is 1.90. The Morgan fingerprint density at radius 2 is 1.80 bits per heavy atom. The second kappa shape index (κ2) is 7.42. The van der Waals surface area contributed by atoms with E-state index in [9.17, 15) is 4.79 Å². The van der Waals surface area contributed by atoms with E-state index in [4.69, 9.17) is 17.0 Å². The predicted octanol–water partition coefficient (Wildman–Crippen LogP) is 5.22. The lowest BCUT2D eigenvalue weighted by Crippen LogP contribution is -2.27. The standard InChI is InChI=1S/C20H19NO2S2/c1-13(2)15-10-8-14(9-11-15)12-18-19(22)21(20(24)25-18)16-6-4-5-7-17(16)23-3/h4-13H,1-3H3/b18-12-. The van der Waals surface area contributed by atoms with Crippen LogP contribution < -0.4 is 9.64 Å². The van der Waals surface area contributed by atoms with E-state index >= 15 is 0 Å². The number of hydrogen-bond acceptors (Lipinski definition) is 4. The maximum atomic E-state index is 12.9. The molecule has 3 nitrogen and oxygen atoms in total. The zero-order valence-electron chi connectivity index (χ0n) is 14.4. The van der Waals surface area contributed by atoms with Crippen molar-refractivity contribution in [3.8, 4) is 5.75 Å². The summed E-state index contributed by atoms with van der Waals surface area (Å²) in [6, 6.07) is 15.6. The van der Waals surface area contributed by atoms with Crippen LogP contribution in [0.25, 0.3) is 6.08 Å². The molecule has 1 fully saturated rings. The van der Waals surface area contributed by atoms with Crippen LogP contribution in [0.1, 0.15) is 30.9 Å². The summed E-state index contributed by atoms with van der Waals surface area (Å²) in [7, 11) is 1.59. The van der Waals surface area contributed by atoms with Crippen molar-refractivity contribution in [1.29, 1.82) is 0 Å². The highest BCUT2D eigenvalue weighted by Gasteiger charge is 2.34. The Bertz CT molecular complexity index is 841. The number of ether oxygens (including phenoxy) is 1. The van der Waals surface area contributed by atoms with Crippen LogP contribution in [-0.4, -0.2) is 17.3 Å². The van der Waals surface area contributed by atoms with Gasteiger partial charge in [-0.15, -0.1) is 0 Å². The molecule has 1 aliphatic heterocycles. The molecular weight excluding hydrogens is 350 g/mol. The Labute approximate surface area is 157 Å². The summed E-state index contributed by atoms with van der Waals surface area (Å²) < 4.78 is 5.87. The molecule has 128 valence electrons. The summed E-state index contributed by atoms with van der Waals surface area (Å²) in [5, 5.41) is 0. The van der Waals surface area contributed by atoms with E-state index in [1.165, 1.54) is 22.2 Å². The minimum Gasteiger partial charge on any atom is -0.495 e. The second-order valence-electron chi connectivity index (χ2n) is 6.01. The molecule has 2 aromatic rings. The molecule has 0 bridgehead atoms. The molecule has 3 rings (SSSR count). The van der Waals surface area contributed by atoms with E-state index in [1.54, 1.807) is 7.11 Å². The molecular formula is C20H19NO2S2. The van der Waals surface area contributed by atoms with Crippen molar-refractivity contribution in [2.24, 2.45) is 0 Å². The maximum absolute atomic E-state index is 12.9. The normalized spacial score (nSPS) is 16.2. The van der Waals surface area contributed by atoms with Crippen molar-refractivity contribution in [2.75, 3.05) is 12.0 Å². The minimum absolute atomic E-state index is 0.118. The van der Waals surface area contributed by atoms with Gasteiger partial charge in [0.15, 0.2) is 4.32 Å². The molecule has 0 N–H and O–H groups in total. The van der Waals surface area contributed by atoms with Crippen LogP contribution in [0.4, 0.5) is 5.69 Å². The fourth-order valence-corrected chi connectivity index (χ4v) is 3.90. The smallest absolute Gasteiger partial charge is 0.270 e. The number of anilines is 1. The van der Waals surface area contributed by atoms with E-state index in [1.807, 2.05) is 42.5 Å². The number of hydrogen-bond donors (Lipinski definition) is 0. The first kappa shape index (κ1) is 17.7. The molecule has 0 saturated carbocycles. The Hall–Kier alpha value is -2.11. The van der Waals surface area contributed by atoms with E-state index in [0.717, 1.165) is 5.56 Å². The molecule has 1 aliphatic rings. The van der Waals surface area contributed by atoms with Crippen LogP contribution in [0.3, 0.4) is 0 Å². The average Bonchev–Trinajstić information content (AvgIpc) is 2.89. The first-order valence-corrected chi connectivity index (χ1v) is 9.24. The number of para-hydroxylation sites is 2. The number of rotatable bonds is 4. The van der Waals surface area contributed by atoms with E-state index in [0.29, 0.717) is 26.6 Å². The van der Waals surface area contributed by atoms with E-state index < -0.39 is 0 Å². The predicted molar refractivity (Wildman–Crippen MR) is 109 cm³/mol. The number of methoxy groups -OCH3 is 1. The largest absolute Gasteiger partial charge is 0.495 e. The fourth-order valence-electron chi connectivity index (χ4n) is 2.62. The van der Waals surface area contributed by atoms with Gasteiger partial charge in [-0.25, -0.2) is 0 Å². The van der Waals surface area contributed by atoms with Crippen molar-refractivity contribution in [2.45, 2.75) is 19.8 Å². The SMILES string of the molecule is COc1ccccc1N1C(=O)/C(=C/c2ccc(C(C)C)cc2)SC1=S. The second-order valence-corrected chi connectivity index (χ2v) is 7.69. The third kappa shape index (κ3) is 3.62.